The first-order chi connectivity index (χ1) is 37.0. The highest BCUT2D eigenvalue weighted by atomic mass is 16.3. The topological polar surface area (TPSA) is 29.5 Å². The van der Waals surface area contributed by atoms with Gasteiger partial charge in [-0.3, -0.25) is 0 Å². The van der Waals surface area contributed by atoms with Crippen LogP contribution in [-0.4, -0.2) is 0 Å². The van der Waals surface area contributed by atoms with Gasteiger partial charge in [-0.2, -0.15) is 0 Å². The Balaban J connectivity index is 0.977. The molecule has 0 radical (unpaired) electrons. The Bertz CT molecular complexity index is 4560. The van der Waals surface area contributed by atoms with E-state index in [1.54, 1.807) is 0 Å². The fraction of sp³-hybridized carbons (Fsp3) is 0.189. The first-order valence-corrected chi connectivity index (χ1v) is 27.4. The van der Waals surface area contributed by atoms with Gasteiger partial charge in [-0.05, 0) is 178 Å². The van der Waals surface area contributed by atoms with E-state index >= 15 is 0 Å². The van der Waals surface area contributed by atoms with Crippen LogP contribution in [0.25, 0.3) is 101 Å². The van der Waals surface area contributed by atoms with Crippen molar-refractivity contribution >= 4 is 62.6 Å². The molecule has 0 N–H and O–H groups in total. The first-order valence-electron chi connectivity index (χ1n) is 27.4. The Kier molecular flexibility index (Phi) is 9.97. The third kappa shape index (κ3) is 6.44. The summed E-state index contributed by atoms with van der Waals surface area (Å²) < 4.78 is 13.9. The second-order valence-electron chi connectivity index (χ2n) is 23.8. The lowest BCUT2D eigenvalue weighted by atomic mass is 9.72. The zero-order chi connectivity index (χ0) is 53.2. The van der Waals surface area contributed by atoms with Crippen LogP contribution in [0.15, 0.2) is 173 Å². The molecule has 9 aromatic carbocycles. The van der Waals surface area contributed by atoms with E-state index < -0.39 is 0 Å². The highest BCUT2D eigenvalue weighted by molar-refractivity contribution is 6.19. The molecule has 0 saturated heterocycles. The summed E-state index contributed by atoms with van der Waals surface area (Å²) >= 11 is 0. The maximum Gasteiger partial charge on any atom is 0.144 e. The SMILES string of the molecule is C=c1oc2c3c(c4c(c2/c1=C/C=C\C)-c1ccc(N(c2ccc5c(c2)C(C)(C)c2cc(-c6ccc(C)c(-c7ccccc7C)c6)c6oc7ccccc7c6c2-5)c2ccc(C)cc2C)cc1C4(C)C)C(C)(C)c1ccccc1-3. The summed E-state index contributed by atoms with van der Waals surface area (Å²) in [5.74, 6) is 0. The summed E-state index contributed by atoms with van der Waals surface area (Å²) in [7, 11) is 0. The number of hydrogen-bond acceptors (Lipinski definition) is 3. The van der Waals surface area contributed by atoms with Crippen LogP contribution in [0.5, 0.6) is 0 Å². The van der Waals surface area contributed by atoms with Crippen molar-refractivity contribution in [2.45, 2.75) is 92.4 Å². The minimum atomic E-state index is -0.362. The van der Waals surface area contributed by atoms with Crippen molar-refractivity contribution in [2.75, 3.05) is 4.90 Å². The smallest absolute Gasteiger partial charge is 0.144 e. The molecule has 376 valence electrons. The van der Waals surface area contributed by atoms with Crippen LogP contribution in [0.1, 0.15) is 104 Å². The van der Waals surface area contributed by atoms with Gasteiger partial charge in [0.25, 0.3) is 0 Å². The Hall–Kier alpha value is -8.40. The second-order valence-corrected chi connectivity index (χ2v) is 23.8. The molecule has 77 heavy (non-hydrogen) atoms. The number of nitrogens with zero attached hydrogens (tertiary/aromatic N) is 1. The van der Waals surface area contributed by atoms with Crippen LogP contribution in [-0.2, 0) is 16.2 Å². The van der Waals surface area contributed by atoms with Gasteiger partial charge in [-0.1, -0.05) is 175 Å². The van der Waals surface area contributed by atoms with E-state index in [-0.39, 0.29) is 16.2 Å². The highest BCUT2D eigenvalue weighted by Gasteiger charge is 2.49. The molecule has 0 atom stereocenters. The molecule has 3 heteroatoms. The number of furan rings is 2. The van der Waals surface area contributed by atoms with Gasteiger partial charge >= 0.3 is 0 Å². The molecule has 2 heterocycles. The molecule has 0 unspecified atom stereocenters. The number of anilines is 3. The van der Waals surface area contributed by atoms with Crippen molar-refractivity contribution in [2.24, 2.45) is 0 Å². The maximum absolute atomic E-state index is 7.00. The van der Waals surface area contributed by atoms with E-state index in [2.05, 4.69) is 258 Å². The van der Waals surface area contributed by atoms with Crippen molar-refractivity contribution < 1.29 is 8.83 Å². The molecule has 3 aliphatic rings. The lowest BCUT2D eigenvalue weighted by molar-refractivity contribution is 0.574. The standard InChI is InChI=1S/C74H63NO2/c1-13-14-22-50-45(6)76-71-65(50)64-53-34-32-48(39-59(53)74(11,12)68(64)69-67(71)51-24-17-19-26-57(51)73(69,9)10)75(61-35-28-41(2)36-44(61)5)47-31-33-52-58(38-47)72(7,8)60-40-56(70-66(63(52)60)54-25-18-20-27-62(54)77-70)46-30-29-43(4)55(37-46)49-23-16-15-21-42(49)3/h13-40H,6H2,1-5,7-12H3/b14-13-,50-22+. The third-order valence-corrected chi connectivity index (χ3v) is 18.1. The van der Waals surface area contributed by atoms with Crippen LogP contribution >= 0.6 is 0 Å². The largest absolute Gasteiger partial charge is 0.456 e. The van der Waals surface area contributed by atoms with Gasteiger partial charge < -0.3 is 13.7 Å². The normalized spacial score (nSPS) is 15.3. The Morgan fingerprint density at radius 3 is 1.84 bits per heavy atom. The molecule has 0 amide bonds. The Labute approximate surface area is 452 Å². The van der Waals surface area contributed by atoms with Crippen LogP contribution in [0.3, 0.4) is 0 Å². The molecule has 0 bridgehead atoms. The molecule has 0 spiro atoms. The minimum absolute atomic E-state index is 0.257. The first kappa shape index (κ1) is 47.1. The van der Waals surface area contributed by atoms with E-state index in [0.29, 0.717) is 5.42 Å². The van der Waals surface area contributed by atoms with Crippen molar-refractivity contribution in [1.82, 2.24) is 0 Å². The van der Waals surface area contributed by atoms with E-state index in [1.807, 2.05) is 0 Å². The Morgan fingerprint density at radius 1 is 0.468 bits per heavy atom. The summed E-state index contributed by atoms with van der Waals surface area (Å²) in [4.78, 5) is 2.51. The molecule has 0 saturated carbocycles. The zero-order valence-electron chi connectivity index (χ0n) is 46.1. The average molecular weight is 998 g/mol. The van der Waals surface area contributed by atoms with Crippen LogP contribution in [0.4, 0.5) is 17.1 Å². The van der Waals surface area contributed by atoms with E-state index in [4.69, 9.17) is 8.83 Å². The summed E-state index contributed by atoms with van der Waals surface area (Å²) in [6, 6.07) is 57.0. The van der Waals surface area contributed by atoms with Gasteiger partial charge in [0.05, 0.1) is 0 Å². The molecular weight excluding hydrogens is 935 g/mol. The number of rotatable bonds is 6. The van der Waals surface area contributed by atoms with Gasteiger partial charge in [0.2, 0.25) is 0 Å². The summed E-state index contributed by atoms with van der Waals surface area (Å²) in [5.41, 5.74) is 31.2. The van der Waals surface area contributed by atoms with Crippen LogP contribution in [0.2, 0.25) is 0 Å². The van der Waals surface area contributed by atoms with Crippen molar-refractivity contribution in [3.8, 4) is 55.6 Å². The van der Waals surface area contributed by atoms with E-state index in [0.717, 1.165) is 60.9 Å². The number of allylic oxidation sites excluding steroid dienone is 2. The lowest BCUT2D eigenvalue weighted by Crippen LogP contribution is -2.25. The molecule has 2 aromatic heterocycles. The predicted molar refractivity (Wildman–Crippen MR) is 325 cm³/mol. The van der Waals surface area contributed by atoms with Gasteiger partial charge in [-0.25, -0.2) is 0 Å². The monoisotopic (exact) mass is 997 g/mol. The molecule has 3 aliphatic carbocycles. The van der Waals surface area contributed by atoms with E-state index in [9.17, 15) is 0 Å². The fourth-order valence-electron chi connectivity index (χ4n) is 14.3. The molecule has 0 fully saturated rings. The summed E-state index contributed by atoms with van der Waals surface area (Å²) in [5, 5.41) is 4.52. The van der Waals surface area contributed by atoms with Crippen molar-refractivity contribution in [3.63, 3.8) is 0 Å². The van der Waals surface area contributed by atoms with Crippen molar-refractivity contribution in [1.29, 1.82) is 0 Å². The number of benzene rings is 9. The summed E-state index contributed by atoms with van der Waals surface area (Å²) in [6.45, 7) is 30.0. The van der Waals surface area contributed by atoms with Gasteiger partial charge in [0.15, 0.2) is 0 Å². The number of aryl methyl sites for hydroxylation is 4. The molecule has 3 nitrogen and oxygen atoms in total. The van der Waals surface area contributed by atoms with Gasteiger partial charge in [0, 0.05) is 65.8 Å². The van der Waals surface area contributed by atoms with Crippen molar-refractivity contribution in [3.05, 3.63) is 230 Å². The number of hydrogen-bond donors (Lipinski definition) is 0. The average Bonchev–Trinajstić information content (AvgIpc) is 4.36. The quantitative estimate of drug-likeness (QED) is 0.166. The number of fused-ring (bicyclic) bond motifs is 17. The third-order valence-electron chi connectivity index (χ3n) is 18.1. The Morgan fingerprint density at radius 2 is 1.10 bits per heavy atom. The lowest BCUT2D eigenvalue weighted by Gasteiger charge is -2.32. The van der Waals surface area contributed by atoms with Gasteiger partial charge in [0.1, 0.15) is 22.2 Å². The van der Waals surface area contributed by atoms with Crippen LogP contribution in [0, 0.1) is 27.7 Å². The molecule has 0 aliphatic heterocycles. The van der Waals surface area contributed by atoms with E-state index in [1.165, 1.54) is 106 Å². The zero-order valence-corrected chi connectivity index (χ0v) is 46.1. The minimum Gasteiger partial charge on any atom is -0.456 e. The second kappa shape index (κ2) is 16.3. The molecule has 11 aromatic rings. The predicted octanol–water partition coefficient (Wildman–Crippen LogP) is 19.1. The van der Waals surface area contributed by atoms with Crippen LogP contribution < -0.4 is 15.5 Å². The number of para-hydroxylation sites is 1. The molecular formula is C74H63NO2. The van der Waals surface area contributed by atoms with Gasteiger partial charge in [-0.15, -0.1) is 0 Å². The molecule has 14 rings (SSSR count). The highest BCUT2D eigenvalue weighted by Crippen LogP contribution is 2.63. The maximum atomic E-state index is 7.00. The fourth-order valence-corrected chi connectivity index (χ4v) is 14.3. The summed E-state index contributed by atoms with van der Waals surface area (Å²) in [6.07, 6.45) is 6.39.